The molecular formula is C14H17BrN4O3. The number of hydrogen-bond donors (Lipinski definition) is 0. The quantitative estimate of drug-likeness (QED) is 0.443. The first-order chi connectivity index (χ1) is 10.3. The van der Waals surface area contributed by atoms with Crippen molar-refractivity contribution >= 4 is 27.7 Å². The van der Waals surface area contributed by atoms with Crippen LogP contribution in [0.4, 0.5) is 10.5 Å². The van der Waals surface area contributed by atoms with Crippen LogP contribution in [0.2, 0.25) is 0 Å². The highest BCUT2D eigenvalue weighted by molar-refractivity contribution is 9.10. The third kappa shape index (κ3) is 3.84. The van der Waals surface area contributed by atoms with Gasteiger partial charge in [0.25, 0.3) is 0 Å². The zero-order valence-electron chi connectivity index (χ0n) is 12.6. The summed E-state index contributed by atoms with van der Waals surface area (Å²) in [6.07, 6.45) is -0.879. The molecule has 0 radical (unpaired) electrons. The van der Waals surface area contributed by atoms with Crippen LogP contribution in [0.15, 0.2) is 27.8 Å². The average molecular weight is 369 g/mol. The van der Waals surface area contributed by atoms with E-state index in [1.54, 1.807) is 6.07 Å². The van der Waals surface area contributed by atoms with E-state index in [-0.39, 0.29) is 13.1 Å². The van der Waals surface area contributed by atoms with Crippen LogP contribution in [-0.4, -0.2) is 30.9 Å². The molecule has 0 saturated heterocycles. The van der Waals surface area contributed by atoms with Crippen LogP contribution in [0.5, 0.6) is 5.75 Å². The molecule has 0 fully saturated rings. The van der Waals surface area contributed by atoms with Crippen LogP contribution >= 0.6 is 15.9 Å². The summed E-state index contributed by atoms with van der Waals surface area (Å²) in [6.45, 7) is 5.83. The molecule has 0 bridgehead atoms. The third-order valence-electron chi connectivity index (χ3n) is 2.87. The summed E-state index contributed by atoms with van der Waals surface area (Å²) in [7, 11) is 0. The number of hydrogen-bond acceptors (Lipinski definition) is 4. The van der Waals surface area contributed by atoms with Gasteiger partial charge in [-0.2, -0.15) is 0 Å². The van der Waals surface area contributed by atoms with Gasteiger partial charge in [-0.05, 0) is 54.4 Å². The molecule has 0 aliphatic carbocycles. The van der Waals surface area contributed by atoms with Crippen LogP contribution in [0.3, 0.4) is 0 Å². The van der Waals surface area contributed by atoms with Crippen molar-refractivity contribution in [1.82, 2.24) is 0 Å². The Morgan fingerprint density at radius 2 is 2.32 bits per heavy atom. The Labute approximate surface area is 136 Å². The van der Waals surface area contributed by atoms with Gasteiger partial charge in [0.05, 0.1) is 23.2 Å². The average Bonchev–Trinajstić information content (AvgIpc) is 2.43. The predicted molar refractivity (Wildman–Crippen MR) is 86.2 cm³/mol. The number of azide groups is 1. The lowest BCUT2D eigenvalue weighted by Gasteiger charge is -2.35. The highest BCUT2D eigenvalue weighted by Gasteiger charge is 2.33. The fraction of sp³-hybridized carbons (Fsp3) is 0.500. The van der Waals surface area contributed by atoms with Gasteiger partial charge in [0.15, 0.2) is 5.75 Å². The highest BCUT2D eigenvalue weighted by Crippen LogP contribution is 2.40. The van der Waals surface area contributed by atoms with Gasteiger partial charge in [-0.25, -0.2) is 4.79 Å². The number of fused-ring (bicyclic) bond motifs is 1. The lowest BCUT2D eigenvalue weighted by Crippen LogP contribution is -2.46. The van der Waals surface area contributed by atoms with Gasteiger partial charge in [-0.1, -0.05) is 11.2 Å². The van der Waals surface area contributed by atoms with E-state index in [1.165, 1.54) is 4.90 Å². The Morgan fingerprint density at radius 1 is 1.59 bits per heavy atom. The minimum absolute atomic E-state index is 0.135. The van der Waals surface area contributed by atoms with E-state index in [0.29, 0.717) is 11.4 Å². The van der Waals surface area contributed by atoms with Crippen LogP contribution in [0.25, 0.3) is 10.4 Å². The number of rotatable bonds is 2. The standard InChI is InChI=1S/C14H17BrN4O3/c1-14(2,3)22-13(20)19-8-9(7-17-18-16)21-12-10(15)5-4-6-11(12)19/h4-6,9H,7-8H2,1-3H3. The van der Waals surface area contributed by atoms with Gasteiger partial charge in [-0.3, -0.25) is 4.90 Å². The Kier molecular flexibility index (Phi) is 4.83. The molecule has 1 aromatic rings. The molecular weight excluding hydrogens is 352 g/mol. The van der Waals surface area contributed by atoms with Gasteiger partial charge in [-0.15, -0.1) is 0 Å². The van der Waals surface area contributed by atoms with Crippen LogP contribution in [0.1, 0.15) is 20.8 Å². The Bertz CT molecular complexity index is 623. The number of anilines is 1. The third-order valence-corrected chi connectivity index (χ3v) is 3.49. The van der Waals surface area contributed by atoms with Crippen molar-refractivity contribution in [3.63, 3.8) is 0 Å². The maximum absolute atomic E-state index is 12.4. The summed E-state index contributed by atoms with van der Waals surface area (Å²) in [6, 6.07) is 5.42. The molecule has 1 aromatic carbocycles. The molecule has 7 nitrogen and oxygen atoms in total. The maximum atomic E-state index is 12.4. The van der Waals surface area contributed by atoms with Crippen molar-refractivity contribution in [2.24, 2.45) is 5.11 Å². The molecule has 1 atom stereocenters. The van der Waals surface area contributed by atoms with Crippen LogP contribution < -0.4 is 9.64 Å². The fourth-order valence-electron chi connectivity index (χ4n) is 2.05. The molecule has 1 unspecified atom stereocenters. The summed E-state index contributed by atoms with van der Waals surface area (Å²) >= 11 is 3.41. The number of carbonyl (C=O) groups is 1. The normalized spacial score (nSPS) is 17.1. The Balaban J connectivity index is 2.33. The molecule has 1 heterocycles. The molecule has 1 aliphatic rings. The first kappa shape index (κ1) is 16.5. The summed E-state index contributed by atoms with van der Waals surface area (Å²) in [4.78, 5) is 16.7. The van der Waals surface area contributed by atoms with E-state index < -0.39 is 17.8 Å². The zero-order valence-corrected chi connectivity index (χ0v) is 14.2. The van der Waals surface area contributed by atoms with Crippen molar-refractivity contribution in [3.05, 3.63) is 33.1 Å². The number of benzene rings is 1. The number of ether oxygens (including phenoxy) is 2. The molecule has 2 rings (SSSR count). The highest BCUT2D eigenvalue weighted by atomic mass is 79.9. The lowest BCUT2D eigenvalue weighted by molar-refractivity contribution is 0.0549. The van der Waals surface area contributed by atoms with Crippen LogP contribution in [-0.2, 0) is 4.74 Å². The molecule has 0 saturated carbocycles. The fourth-order valence-corrected chi connectivity index (χ4v) is 2.49. The number of halogens is 1. The Morgan fingerprint density at radius 3 is 2.95 bits per heavy atom. The van der Waals surface area contributed by atoms with Gasteiger partial charge < -0.3 is 9.47 Å². The lowest BCUT2D eigenvalue weighted by atomic mass is 10.2. The van der Waals surface area contributed by atoms with Crippen molar-refractivity contribution in [3.8, 4) is 5.75 Å². The number of amides is 1. The Hall–Kier alpha value is -1.92. The SMILES string of the molecule is CC(C)(C)OC(=O)N1CC(CN=[N+]=[N-])Oc2c(Br)cccc21. The number of para-hydroxylation sites is 1. The van der Waals surface area contributed by atoms with E-state index in [0.717, 1.165) is 4.47 Å². The van der Waals surface area contributed by atoms with Crippen molar-refractivity contribution in [1.29, 1.82) is 0 Å². The van der Waals surface area contributed by atoms with E-state index in [9.17, 15) is 4.79 Å². The van der Waals surface area contributed by atoms with E-state index >= 15 is 0 Å². The first-order valence-electron chi connectivity index (χ1n) is 6.78. The molecule has 118 valence electrons. The van der Waals surface area contributed by atoms with Gasteiger partial charge in [0.2, 0.25) is 0 Å². The smallest absolute Gasteiger partial charge is 0.415 e. The summed E-state index contributed by atoms with van der Waals surface area (Å²) < 4.78 is 12.0. The van der Waals surface area contributed by atoms with Gasteiger partial charge in [0.1, 0.15) is 11.7 Å². The van der Waals surface area contributed by atoms with E-state index in [4.69, 9.17) is 15.0 Å². The second-order valence-corrected chi connectivity index (χ2v) is 6.69. The largest absolute Gasteiger partial charge is 0.485 e. The molecule has 8 heteroatoms. The summed E-state index contributed by atoms with van der Waals surface area (Å²) in [5.41, 5.74) is 8.49. The predicted octanol–water partition coefficient (Wildman–Crippen LogP) is 4.26. The van der Waals surface area contributed by atoms with Crippen molar-refractivity contribution in [2.45, 2.75) is 32.5 Å². The minimum atomic E-state index is -0.595. The van der Waals surface area contributed by atoms with E-state index in [1.807, 2.05) is 32.9 Å². The van der Waals surface area contributed by atoms with Crippen LogP contribution in [0, 0.1) is 0 Å². The van der Waals surface area contributed by atoms with Crippen molar-refractivity contribution < 1.29 is 14.3 Å². The first-order valence-corrected chi connectivity index (χ1v) is 7.57. The van der Waals surface area contributed by atoms with Gasteiger partial charge in [0, 0.05) is 4.91 Å². The maximum Gasteiger partial charge on any atom is 0.415 e. The molecule has 1 aliphatic heterocycles. The second kappa shape index (κ2) is 6.46. The summed E-state index contributed by atoms with van der Waals surface area (Å²) in [5, 5.41) is 3.53. The zero-order chi connectivity index (χ0) is 16.3. The second-order valence-electron chi connectivity index (χ2n) is 5.83. The molecule has 1 amide bonds. The topological polar surface area (TPSA) is 87.5 Å². The van der Waals surface area contributed by atoms with Crippen molar-refractivity contribution in [2.75, 3.05) is 18.0 Å². The minimum Gasteiger partial charge on any atom is -0.485 e. The molecule has 0 spiro atoms. The van der Waals surface area contributed by atoms with Gasteiger partial charge >= 0.3 is 6.09 Å². The van der Waals surface area contributed by atoms with E-state index in [2.05, 4.69) is 26.0 Å². The number of carbonyl (C=O) groups excluding carboxylic acids is 1. The molecule has 22 heavy (non-hydrogen) atoms. The summed E-state index contributed by atoms with van der Waals surface area (Å²) in [5.74, 6) is 0.540. The molecule has 0 aromatic heterocycles. The monoisotopic (exact) mass is 368 g/mol. The number of nitrogens with zero attached hydrogens (tertiary/aromatic N) is 4. The molecule has 0 N–H and O–H groups in total.